The van der Waals surface area contributed by atoms with Gasteiger partial charge in [-0.2, -0.15) is 5.10 Å². The highest BCUT2D eigenvalue weighted by atomic mass is 16.3. The number of carbonyl (C=O) groups excluding carboxylic acids is 1. The Balaban J connectivity index is 2.14. The second-order valence-electron chi connectivity index (χ2n) is 4.62. The molecule has 0 aliphatic heterocycles. The van der Waals surface area contributed by atoms with Crippen molar-refractivity contribution >= 4 is 11.4 Å². The Kier molecular flexibility index (Phi) is 3.34. The first-order valence-corrected chi connectivity index (χ1v) is 5.96. The lowest BCUT2D eigenvalue weighted by molar-refractivity contribution is 0.0519. The van der Waals surface area contributed by atoms with Gasteiger partial charge in [0.15, 0.2) is 0 Å². The fourth-order valence-electron chi connectivity index (χ4n) is 1.60. The van der Waals surface area contributed by atoms with Crippen molar-refractivity contribution in [1.82, 2.24) is 14.9 Å². The quantitative estimate of drug-likeness (QED) is 0.853. The molecule has 0 saturated heterocycles. The highest BCUT2D eigenvalue weighted by molar-refractivity contribution is 6.00. The number of amides is 1. The lowest BCUT2D eigenvalue weighted by Gasteiger charge is -2.21. The third-order valence-corrected chi connectivity index (χ3v) is 3.06. The van der Waals surface area contributed by atoms with Crippen molar-refractivity contribution < 1.29 is 9.90 Å². The van der Waals surface area contributed by atoms with Crippen LogP contribution in [0, 0.1) is 0 Å². The number of aliphatic hydroxyl groups is 1. The lowest BCUT2D eigenvalue weighted by atomic mass is 10.0. The molecule has 5 nitrogen and oxygen atoms in total. The van der Waals surface area contributed by atoms with Gasteiger partial charge in [0.05, 0.1) is 22.9 Å². The predicted molar refractivity (Wildman–Crippen MR) is 68.4 cm³/mol. The molecule has 2 heterocycles. The maximum Gasteiger partial charge on any atom is 0.255 e. The first kappa shape index (κ1) is 12.6. The summed E-state index contributed by atoms with van der Waals surface area (Å²) < 4.78 is 1.65. The highest BCUT2D eigenvalue weighted by Gasteiger charge is 2.20. The van der Waals surface area contributed by atoms with E-state index >= 15 is 0 Å². The molecule has 0 aromatic carbocycles. The minimum atomic E-state index is -0.876. The molecule has 2 aromatic rings. The number of rotatable bonds is 4. The third-order valence-electron chi connectivity index (χ3n) is 3.06. The molecule has 0 saturated carbocycles. The number of hydrogen-bond donors (Lipinski definition) is 2. The monoisotopic (exact) mass is 247 g/mol. The topological polar surface area (TPSA) is 66.6 Å². The molecule has 2 rings (SSSR count). The molecule has 18 heavy (non-hydrogen) atoms. The van der Waals surface area contributed by atoms with E-state index in [1.807, 2.05) is 25.1 Å². The van der Waals surface area contributed by atoms with Gasteiger partial charge < -0.3 is 10.4 Å². The van der Waals surface area contributed by atoms with Crippen LogP contribution in [-0.2, 0) is 0 Å². The van der Waals surface area contributed by atoms with E-state index in [1.54, 1.807) is 17.6 Å². The molecule has 0 fully saturated rings. The van der Waals surface area contributed by atoms with Gasteiger partial charge in [0, 0.05) is 12.7 Å². The first-order valence-electron chi connectivity index (χ1n) is 5.96. The van der Waals surface area contributed by atoms with Crippen molar-refractivity contribution in [3.8, 4) is 0 Å². The van der Waals surface area contributed by atoms with Gasteiger partial charge in [-0.05, 0) is 25.5 Å². The minimum absolute atomic E-state index is 0.218. The van der Waals surface area contributed by atoms with E-state index in [0.29, 0.717) is 12.0 Å². The fourth-order valence-corrected chi connectivity index (χ4v) is 1.60. The van der Waals surface area contributed by atoms with Gasteiger partial charge in [0.1, 0.15) is 0 Å². The van der Waals surface area contributed by atoms with Crippen LogP contribution in [0.15, 0.2) is 30.6 Å². The summed E-state index contributed by atoms with van der Waals surface area (Å²) in [7, 11) is 0. The predicted octanol–water partition coefficient (Wildman–Crippen LogP) is 1.23. The van der Waals surface area contributed by atoms with Gasteiger partial charge in [-0.25, -0.2) is 4.52 Å². The fraction of sp³-hybridized carbons (Fsp3) is 0.385. The zero-order valence-corrected chi connectivity index (χ0v) is 10.6. The Labute approximate surface area is 105 Å². The Bertz CT molecular complexity index is 560. The van der Waals surface area contributed by atoms with E-state index in [-0.39, 0.29) is 12.5 Å². The number of nitrogens with zero attached hydrogens (tertiary/aromatic N) is 2. The molecule has 1 amide bonds. The smallest absolute Gasteiger partial charge is 0.255 e. The van der Waals surface area contributed by atoms with E-state index in [4.69, 9.17) is 0 Å². The van der Waals surface area contributed by atoms with Crippen molar-refractivity contribution in [2.45, 2.75) is 25.9 Å². The second-order valence-corrected chi connectivity index (χ2v) is 4.62. The lowest BCUT2D eigenvalue weighted by Crippen LogP contribution is -2.40. The Morgan fingerprint density at radius 3 is 3.06 bits per heavy atom. The molecule has 5 heteroatoms. The van der Waals surface area contributed by atoms with Crippen molar-refractivity contribution in [2.75, 3.05) is 6.54 Å². The van der Waals surface area contributed by atoms with Crippen LogP contribution in [-0.4, -0.2) is 32.8 Å². The van der Waals surface area contributed by atoms with Gasteiger partial charge in [-0.15, -0.1) is 0 Å². The average molecular weight is 247 g/mol. The molecular weight excluding hydrogens is 230 g/mol. The Morgan fingerprint density at radius 1 is 1.56 bits per heavy atom. The summed E-state index contributed by atoms with van der Waals surface area (Å²) in [5, 5.41) is 16.7. The van der Waals surface area contributed by atoms with Crippen LogP contribution in [0.3, 0.4) is 0 Å². The molecule has 96 valence electrons. The molecule has 0 bridgehead atoms. The van der Waals surface area contributed by atoms with Crippen LogP contribution >= 0.6 is 0 Å². The number of fused-ring (bicyclic) bond motifs is 1. The van der Waals surface area contributed by atoms with Gasteiger partial charge in [0.2, 0.25) is 0 Å². The molecule has 2 N–H and O–H groups in total. The van der Waals surface area contributed by atoms with Crippen LogP contribution in [0.4, 0.5) is 0 Å². The van der Waals surface area contributed by atoms with Crippen molar-refractivity contribution in [3.63, 3.8) is 0 Å². The van der Waals surface area contributed by atoms with E-state index < -0.39 is 5.60 Å². The molecule has 1 atom stereocenters. The molecule has 1 unspecified atom stereocenters. The SMILES string of the molecule is CCC(C)(O)CNC(=O)c1cnn2ccccc12. The normalized spacial score (nSPS) is 14.4. The maximum absolute atomic E-state index is 12.0. The number of hydrogen-bond acceptors (Lipinski definition) is 3. The number of aromatic nitrogens is 2. The summed E-state index contributed by atoms with van der Waals surface area (Å²) in [6.07, 6.45) is 3.90. The molecular formula is C13H17N3O2. The van der Waals surface area contributed by atoms with Gasteiger partial charge in [0.25, 0.3) is 5.91 Å². The molecule has 0 radical (unpaired) electrons. The largest absolute Gasteiger partial charge is 0.388 e. The second kappa shape index (κ2) is 4.78. The molecule has 0 aliphatic rings. The summed E-state index contributed by atoms with van der Waals surface area (Å²) in [5.74, 6) is -0.218. The summed E-state index contributed by atoms with van der Waals surface area (Å²) >= 11 is 0. The van der Waals surface area contributed by atoms with Crippen LogP contribution in [0.2, 0.25) is 0 Å². The summed E-state index contributed by atoms with van der Waals surface area (Å²) in [6, 6.07) is 5.54. The van der Waals surface area contributed by atoms with Crippen LogP contribution < -0.4 is 5.32 Å². The average Bonchev–Trinajstić information content (AvgIpc) is 2.80. The van der Waals surface area contributed by atoms with Crippen LogP contribution in [0.1, 0.15) is 30.6 Å². The number of pyridine rings is 1. The maximum atomic E-state index is 12.0. The van der Waals surface area contributed by atoms with Crippen molar-refractivity contribution in [3.05, 3.63) is 36.2 Å². The molecule has 0 spiro atoms. The number of nitrogens with one attached hydrogen (secondary N) is 1. The van der Waals surface area contributed by atoms with Crippen molar-refractivity contribution in [2.24, 2.45) is 0 Å². The minimum Gasteiger partial charge on any atom is -0.388 e. The van der Waals surface area contributed by atoms with E-state index in [9.17, 15) is 9.90 Å². The molecule has 0 aliphatic carbocycles. The zero-order chi connectivity index (χ0) is 13.2. The van der Waals surface area contributed by atoms with Crippen LogP contribution in [0.25, 0.3) is 5.52 Å². The standard InChI is InChI=1S/C13H17N3O2/c1-3-13(2,18)9-14-12(17)10-8-15-16-7-5-4-6-11(10)16/h4-8,18H,3,9H2,1-2H3,(H,14,17). The summed E-state index contributed by atoms with van der Waals surface area (Å²) in [5.41, 5.74) is 0.396. The third kappa shape index (κ3) is 2.51. The van der Waals surface area contributed by atoms with Crippen molar-refractivity contribution in [1.29, 1.82) is 0 Å². The highest BCUT2D eigenvalue weighted by Crippen LogP contribution is 2.11. The van der Waals surface area contributed by atoms with E-state index in [1.165, 1.54) is 6.20 Å². The Hall–Kier alpha value is -1.88. The number of carbonyl (C=O) groups is 1. The Morgan fingerprint density at radius 2 is 2.33 bits per heavy atom. The first-order chi connectivity index (χ1) is 8.53. The van der Waals surface area contributed by atoms with E-state index in [2.05, 4.69) is 10.4 Å². The van der Waals surface area contributed by atoms with Crippen LogP contribution in [0.5, 0.6) is 0 Å². The van der Waals surface area contributed by atoms with Gasteiger partial charge >= 0.3 is 0 Å². The van der Waals surface area contributed by atoms with Gasteiger partial charge in [-0.3, -0.25) is 4.79 Å². The summed E-state index contributed by atoms with van der Waals surface area (Å²) in [4.78, 5) is 12.0. The summed E-state index contributed by atoms with van der Waals surface area (Å²) in [6.45, 7) is 3.80. The zero-order valence-electron chi connectivity index (χ0n) is 10.6. The van der Waals surface area contributed by atoms with Gasteiger partial charge in [-0.1, -0.05) is 13.0 Å². The molecule has 2 aromatic heterocycles. The van der Waals surface area contributed by atoms with E-state index in [0.717, 1.165) is 5.52 Å².